The van der Waals surface area contributed by atoms with Gasteiger partial charge in [0.2, 0.25) is 11.8 Å². The Morgan fingerprint density at radius 3 is 2.19 bits per heavy atom. The summed E-state index contributed by atoms with van der Waals surface area (Å²) in [5, 5.41) is 0. The Morgan fingerprint density at radius 2 is 1.75 bits per heavy atom. The third-order valence-electron chi connectivity index (χ3n) is 2.70. The van der Waals surface area contributed by atoms with Crippen LogP contribution in [-0.4, -0.2) is 67.6 Å². The van der Waals surface area contributed by atoms with Crippen LogP contribution in [0.2, 0.25) is 0 Å². The van der Waals surface area contributed by atoms with Crippen molar-refractivity contribution in [2.45, 2.75) is 13.0 Å². The molecule has 1 fully saturated rings. The van der Waals surface area contributed by atoms with E-state index in [1.54, 1.807) is 9.80 Å². The summed E-state index contributed by atoms with van der Waals surface area (Å²) in [7, 11) is 1.51. The lowest BCUT2D eigenvalue weighted by Crippen LogP contribution is -2.54. The molecule has 6 heteroatoms. The number of hydrogen-bond donors (Lipinski definition) is 1. The van der Waals surface area contributed by atoms with Gasteiger partial charge in [-0.05, 0) is 0 Å². The van der Waals surface area contributed by atoms with Crippen LogP contribution in [-0.2, 0) is 14.3 Å². The fourth-order valence-corrected chi connectivity index (χ4v) is 1.73. The van der Waals surface area contributed by atoms with E-state index in [0.717, 1.165) is 0 Å². The van der Waals surface area contributed by atoms with Crippen molar-refractivity contribution in [3.05, 3.63) is 0 Å². The van der Waals surface area contributed by atoms with Crippen molar-refractivity contribution in [3.8, 4) is 0 Å². The first kappa shape index (κ1) is 12.9. The smallest absolute Gasteiger partial charge is 0.241 e. The molecule has 0 aromatic carbocycles. The van der Waals surface area contributed by atoms with Crippen LogP contribution in [0.3, 0.4) is 0 Å². The maximum absolute atomic E-state index is 11.8. The van der Waals surface area contributed by atoms with E-state index >= 15 is 0 Å². The number of ether oxygens (including phenoxy) is 1. The highest BCUT2D eigenvalue weighted by Crippen LogP contribution is 2.03. The Balaban J connectivity index is 2.41. The highest BCUT2D eigenvalue weighted by atomic mass is 16.5. The van der Waals surface area contributed by atoms with E-state index in [9.17, 15) is 9.59 Å². The first-order valence-electron chi connectivity index (χ1n) is 5.35. The molecule has 1 saturated heterocycles. The molecule has 0 radical (unpaired) electrons. The van der Waals surface area contributed by atoms with E-state index < -0.39 is 6.04 Å². The van der Waals surface area contributed by atoms with Crippen molar-refractivity contribution >= 4 is 11.8 Å². The van der Waals surface area contributed by atoms with Gasteiger partial charge in [0.25, 0.3) is 0 Å². The van der Waals surface area contributed by atoms with Crippen molar-refractivity contribution < 1.29 is 14.3 Å². The molecule has 1 aliphatic rings. The molecule has 1 rings (SSSR count). The quantitative estimate of drug-likeness (QED) is 0.649. The lowest BCUT2D eigenvalue weighted by molar-refractivity contribution is -0.140. The van der Waals surface area contributed by atoms with Gasteiger partial charge in [0.15, 0.2) is 0 Å². The highest BCUT2D eigenvalue weighted by molar-refractivity contribution is 5.82. The number of hydrogen-bond acceptors (Lipinski definition) is 4. The standard InChI is InChI=1S/C10H19N3O3/c1-8(14)12-3-5-13(6-4-12)10(15)9(11)7-16-2/h9H,3-7,11H2,1-2H3. The fraction of sp³-hybridized carbons (Fsp3) is 0.800. The molecule has 0 aromatic heterocycles. The maximum Gasteiger partial charge on any atom is 0.241 e. The summed E-state index contributed by atoms with van der Waals surface area (Å²) < 4.78 is 4.84. The predicted molar refractivity (Wildman–Crippen MR) is 58.7 cm³/mol. The number of piperazine rings is 1. The zero-order chi connectivity index (χ0) is 12.1. The summed E-state index contributed by atoms with van der Waals surface area (Å²) in [5.74, 6) is -0.0571. The topological polar surface area (TPSA) is 75.9 Å². The Kier molecular flexibility index (Phi) is 4.70. The average molecular weight is 229 g/mol. The van der Waals surface area contributed by atoms with Gasteiger partial charge in [0, 0.05) is 40.2 Å². The second kappa shape index (κ2) is 5.81. The van der Waals surface area contributed by atoms with Gasteiger partial charge in [0.1, 0.15) is 6.04 Å². The Bertz CT molecular complexity index is 262. The molecule has 92 valence electrons. The minimum absolute atomic E-state index is 0.0493. The summed E-state index contributed by atoms with van der Waals surface area (Å²) in [5.41, 5.74) is 5.66. The molecule has 0 saturated carbocycles. The van der Waals surface area contributed by atoms with Crippen molar-refractivity contribution in [2.75, 3.05) is 39.9 Å². The van der Waals surface area contributed by atoms with Gasteiger partial charge in [-0.1, -0.05) is 0 Å². The molecule has 2 N–H and O–H groups in total. The third kappa shape index (κ3) is 3.18. The highest BCUT2D eigenvalue weighted by Gasteiger charge is 2.25. The molecule has 1 atom stereocenters. The van der Waals surface area contributed by atoms with E-state index in [1.165, 1.54) is 14.0 Å². The van der Waals surface area contributed by atoms with Crippen molar-refractivity contribution in [2.24, 2.45) is 5.73 Å². The van der Waals surface area contributed by atoms with E-state index in [1.807, 2.05) is 0 Å². The van der Waals surface area contributed by atoms with Crippen LogP contribution in [0, 0.1) is 0 Å². The normalized spacial score (nSPS) is 18.4. The molecule has 2 amide bonds. The Hall–Kier alpha value is -1.14. The van der Waals surface area contributed by atoms with E-state index in [-0.39, 0.29) is 18.4 Å². The van der Waals surface area contributed by atoms with Crippen LogP contribution in [0.5, 0.6) is 0 Å². The van der Waals surface area contributed by atoms with Crippen molar-refractivity contribution in [3.63, 3.8) is 0 Å². The molecule has 16 heavy (non-hydrogen) atoms. The monoisotopic (exact) mass is 229 g/mol. The molecule has 6 nitrogen and oxygen atoms in total. The summed E-state index contributed by atoms with van der Waals surface area (Å²) in [6.45, 7) is 4.03. The van der Waals surface area contributed by atoms with Crippen LogP contribution in [0.15, 0.2) is 0 Å². The van der Waals surface area contributed by atoms with Gasteiger partial charge in [-0.3, -0.25) is 9.59 Å². The van der Waals surface area contributed by atoms with E-state index in [2.05, 4.69) is 0 Å². The van der Waals surface area contributed by atoms with Crippen LogP contribution in [0.4, 0.5) is 0 Å². The van der Waals surface area contributed by atoms with Gasteiger partial charge < -0.3 is 20.3 Å². The Labute approximate surface area is 95.3 Å². The Morgan fingerprint density at radius 1 is 1.25 bits per heavy atom. The maximum atomic E-state index is 11.8. The SMILES string of the molecule is COCC(N)C(=O)N1CCN(C(C)=O)CC1. The number of rotatable bonds is 3. The molecule has 1 unspecified atom stereocenters. The van der Waals surface area contributed by atoms with Crippen LogP contribution >= 0.6 is 0 Å². The third-order valence-corrected chi connectivity index (χ3v) is 2.70. The zero-order valence-corrected chi connectivity index (χ0v) is 9.81. The van der Waals surface area contributed by atoms with Crippen LogP contribution in [0.25, 0.3) is 0 Å². The molecule has 0 spiro atoms. The summed E-state index contributed by atoms with van der Waals surface area (Å²) in [6, 6.07) is -0.603. The predicted octanol–water partition coefficient (Wildman–Crippen LogP) is -1.35. The van der Waals surface area contributed by atoms with Crippen molar-refractivity contribution in [1.82, 2.24) is 9.80 Å². The molecule has 0 bridgehead atoms. The van der Waals surface area contributed by atoms with Crippen molar-refractivity contribution in [1.29, 1.82) is 0 Å². The number of nitrogens with zero attached hydrogens (tertiary/aromatic N) is 2. The molecular formula is C10H19N3O3. The first-order chi connectivity index (χ1) is 7.56. The number of amides is 2. The molecule has 1 aliphatic heterocycles. The van der Waals surface area contributed by atoms with E-state index in [4.69, 9.17) is 10.5 Å². The molecular weight excluding hydrogens is 210 g/mol. The molecule has 0 aliphatic carbocycles. The van der Waals surface area contributed by atoms with Gasteiger partial charge in [-0.2, -0.15) is 0 Å². The van der Waals surface area contributed by atoms with Gasteiger partial charge >= 0.3 is 0 Å². The lowest BCUT2D eigenvalue weighted by Gasteiger charge is -2.35. The lowest BCUT2D eigenvalue weighted by atomic mass is 10.2. The number of nitrogens with two attached hydrogens (primary N) is 1. The fourth-order valence-electron chi connectivity index (χ4n) is 1.73. The minimum Gasteiger partial charge on any atom is -0.383 e. The number of methoxy groups -OCH3 is 1. The average Bonchev–Trinajstić information content (AvgIpc) is 2.28. The van der Waals surface area contributed by atoms with Gasteiger partial charge in [-0.25, -0.2) is 0 Å². The van der Waals surface area contributed by atoms with Gasteiger partial charge in [0.05, 0.1) is 6.61 Å². The van der Waals surface area contributed by atoms with E-state index in [0.29, 0.717) is 26.2 Å². The number of carbonyl (C=O) groups excluding carboxylic acids is 2. The largest absolute Gasteiger partial charge is 0.383 e. The second-order valence-electron chi connectivity index (χ2n) is 3.89. The summed E-state index contributed by atoms with van der Waals surface area (Å²) in [4.78, 5) is 26.3. The summed E-state index contributed by atoms with van der Waals surface area (Å²) in [6.07, 6.45) is 0. The van der Waals surface area contributed by atoms with Crippen LogP contribution in [0.1, 0.15) is 6.92 Å². The van der Waals surface area contributed by atoms with Gasteiger partial charge in [-0.15, -0.1) is 0 Å². The molecule has 1 heterocycles. The minimum atomic E-state index is -0.603. The number of carbonyl (C=O) groups is 2. The summed E-state index contributed by atoms with van der Waals surface area (Å²) >= 11 is 0. The molecule has 0 aromatic rings. The second-order valence-corrected chi connectivity index (χ2v) is 3.89. The van der Waals surface area contributed by atoms with Crippen LogP contribution < -0.4 is 5.73 Å². The zero-order valence-electron chi connectivity index (χ0n) is 9.81. The first-order valence-corrected chi connectivity index (χ1v) is 5.35.